The standard InChI is InChI=1S/C21H14Cl2N4O5S/c22-13-5-7-14(8-6-13)25-33(30,31)15-9-10-18(23)17(11-15)21(29)32-12-27-20(28)16-3-1-2-4-19(16)24-26-27/h1-11,25H,12H2. The molecule has 9 nitrogen and oxygen atoms in total. The van der Waals surface area contributed by atoms with Gasteiger partial charge in [0.05, 0.1) is 20.9 Å². The third-order valence-electron chi connectivity index (χ3n) is 4.51. The molecule has 1 N–H and O–H groups in total. The molecule has 1 heterocycles. The van der Waals surface area contributed by atoms with Crippen molar-refractivity contribution in [3.8, 4) is 0 Å². The SMILES string of the molecule is O=C(OCn1nnc2ccccc2c1=O)c1cc(S(=O)(=O)Nc2ccc(Cl)cc2)ccc1Cl. The quantitative estimate of drug-likeness (QED) is 0.397. The number of nitrogens with one attached hydrogen (secondary N) is 1. The van der Waals surface area contributed by atoms with E-state index in [-0.39, 0.29) is 21.2 Å². The number of carbonyl (C=O) groups is 1. The molecule has 4 aromatic rings. The Balaban J connectivity index is 1.55. The van der Waals surface area contributed by atoms with Gasteiger partial charge in [-0.2, -0.15) is 4.68 Å². The van der Waals surface area contributed by atoms with E-state index in [1.54, 1.807) is 24.3 Å². The number of rotatable bonds is 6. The smallest absolute Gasteiger partial charge is 0.341 e. The molecule has 0 radical (unpaired) electrons. The van der Waals surface area contributed by atoms with Crippen LogP contribution in [0.25, 0.3) is 10.9 Å². The van der Waals surface area contributed by atoms with Crippen LogP contribution in [0.15, 0.2) is 76.4 Å². The molecule has 33 heavy (non-hydrogen) atoms. The lowest BCUT2D eigenvalue weighted by atomic mass is 10.2. The van der Waals surface area contributed by atoms with E-state index in [9.17, 15) is 18.0 Å². The van der Waals surface area contributed by atoms with Crippen LogP contribution in [-0.4, -0.2) is 29.4 Å². The summed E-state index contributed by atoms with van der Waals surface area (Å²) >= 11 is 11.9. The minimum absolute atomic E-state index is 0.0256. The van der Waals surface area contributed by atoms with Crippen LogP contribution < -0.4 is 10.3 Å². The molecule has 3 aromatic carbocycles. The number of esters is 1. The first kappa shape index (κ1) is 22.7. The van der Waals surface area contributed by atoms with Crippen molar-refractivity contribution in [2.45, 2.75) is 11.6 Å². The molecule has 0 unspecified atom stereocenters. The van der Waals surface area contributed by atoms with Gasteiger partial charge in [0.15, 0.2) is 6.73 Å². The highest BCUT2D eigenvalue weighted by atomic mass is 35.5. The number of aromatic nitrogens is 3. The summed E-state index contributed by atoms with van der Waals surface area (Å²) in [5.41, 5.74) is -0.00705. The van der Waals surface area contributed by atoms with Gasteiger partial charge in [0.1, 0.15) is 5.52 Å². The third-order valence-corrected chi connectivity index (χ3v) is 6.47. The number of nitrogens with zero attached hydrogens (tertiary/aromatic N) is 3. The molecule has 12 heteroatoms. The fourth-order valence-electron chi connectivity index (χ4n) is 2.87. The summed E-state index contributed by atoms with van der Waals surface area (Å²) in [5.74, 6) is -0.939. The summed E-state index contributed by atoms with van der Waals surface area (Å²) < 4.78 is 33.8. The minimum Gasteiger partial charge on any atom is -0.438 e. The Morgan fingerprint density at radius 3 is 2.52 bits per heavy atom. The highest BCUT2D eigenvalue weighted by Crippen LogP contribution is 2.24. The van der Waals surface area contributed by atoms with Crippen molar-refractivity contribution in [3.05, 3.63) is 92.7 Å². The van der Waals surface area contributed by atoms with Gasteiger partial charge in [-0.25, -0.2) is 13.2 Å². The van der Waals surface area contributed by atoms with Crippen molar-refractivity contribution in [1.29, 1.82) is 0 Å². The van der Waals surface area contributed by atoms with E-state index in [2.05, 4.69) is 15.0 Å². The predicted molar refractivity (Wildman–Crippen MR) is 123 cm³/mol. The Kier molecular flexibility index (Phi) is 6.32. The fraction of sp³-hybridized carbons (Fsp3) is 0.0476. The summed E-state index contributed by atoms with van der Waals surface area (Å²) in [7, 11) is -4.03. The number of sulfonamides is 1. The molecule has 0 amide bonds. The maximum absolute atomic E-state index is 12.7. The van der Waals surface area contributed by atoms with E-state index in [4.69, 9.17) is 27.9 Å². The summed E-state index contributed by atoms with van der Waals surface area (Å²) in [4.78, 5) is 24.8. The van der Waals surface area contributed by atoms with E-state index in [0.717, 1.165) is 10.7 Å². The third kappa shape index (κ3) is 4.98. The number of fused-ring (bicyclic) bond motifs is 1. The van der Waals surface area contributed by atoms with Gasteiger partial charge in [-0.3, -0.25) is 9.52 Å². The molecule has 1 aromatic heterocycles. The number of hydrogen-bond acceptors (Lipinski definition) is 7. The normalized spacial score (nSPS) is 11.3. The Morgan fingerprint density at radius 1 is 1.03 bits per heavy atom. The Labute approximate surface area is 197 Å². The van der Waals surface area contributed by atoms with Gasteiger partial charge in [-0.05, 0) is 54.6 Å². The highest BCUT2D eigenvalue weighted by Gasteiger charge is 2.20. The fourth-order valence-corrected chi connectivity index (χ4v) is 4.27. The monoisotopic (exact) mass is 504 g/mol. The molecular weight excluding hydrogens is 491 g/mol. The summed E-state index contributed by atoms with van der Waals surface area (Å²) in [6, 6.07) is 16.2. The van der Waals surface area contributed by atoms with Crippen LogP contribution in [0, 0.1) is 0 Å². The number of carbonyl (C=O) groups excluding carboxylic acids is 1. The zero-order chi connectivity index (χ0) is 23.6. The van der Waals surface area contributed by atoms with Crippen LogP contribution in [0.1, 0.15) is 10.4 Å². The van der Waals surface area contributed by atoms with E-state index in [1.807, 2.05) is 0 Å². The van der Waals surface area contributed by atoms with Gasteiger partial charge < -0.3 is 4.74 Å². The number of hydrogen-bond donors (Lipinski definition) is 1. The number of benzene rings is 3. The lowest BCUT2D eigenvalue weighted by Gasteiger charge is -2.11. The minimum atomic E-state index is -4.03. The number of halogens is 2. The van der Waals surface area contributed by atoms with E-state index in [1.165, 1.54) is 36.4 Å². The molecule has 168 valence electrons. The zero-order valence-corrected chi connectivity index (χ0v) is 18.9. The molecule has 0 aliphatic rings. The molecule has 4 rings (SSSR count). The molecule has 0 saturated carbocycles. The Morgan fingerprint density at radius 2 is 1.76 bits per heavy atom. The van der Waals surface area contributed by atoms with Crippen molar-refractivity contribution >= 4 is 55.8 Å². The highest BCUT2D eigenvalue weighted by molar-refractivity contribution is 7.92. The summed E-state index contributed by atoms with van der Waals surface area (Å²) in [5, 5.41) is 8.37. The molecule has 0 bridgehead atoms. The second kappa shape index (κ2) is 9.18. The van der Waals surface area contributed by atoms with Gasteiger partial charge >= 0.3 is 5.97 Å². The van der Waals surface area contributed by atoms with E-state index in [0.29, 0.717) is 15.9 Å². The van der Waals surface area contributed by atoms with Crippen LogP contribution in [0.2, 0.25) is 10.0 Å². The summed E-state index contributed by atoms with van der Waals surface area (Å²) in [6.45, 7) is -0.536. The van der Waals surface area contributed by atoms with Crippen LogP contribution in [0.3, 0.4) is 0 Å². The van der Waals surface area contributed by atoms with Gasteiger partial charge in [0.2, 0.25) is 0 Å². The predicted octanol–water partition coefficient (Wildman–Crippen LogP) is 3.71. The zero-order valence-electron chi connectivity index (χ0n) is 16.6. The first-order valence-corrected chi connectivity index (χ1v) is 11.6. The molecule has 0 aliphatic heterocycles. The van der Waals surface area contributed by atoms with Gasteiger partial charge in [-0.15, -0.1) is 5.10 Å². The molecule has 0 spiro atoms. The molecule has 0 atom stereocenters. The maximum Gasteiger partial charge on any atom is 0.341 e. The van der Waals surface area contributed by atoms with Crippen LogP contribution >= 0.6 is 23.2 Å². The average Bonchev–Trinajstić information content (AvgIpc) is 2.80. The largest absolute Gasteiger partial charge is 0.438 e. The Hall–Kier alpha value is -3.47. The number of anilines is 1. The van der Waals surface area contributed by atoms with Gasteiger partial charge in [0, 0.05) is 10.7 Å². The molecule has 0 saturated heterocycles. The van der Waals surface area contributed by atoms with Crippen LogP contribution in [0.5, 0.6) is 0 Å². The first-order valence-electron chi connectivity index (χ1n) is 9.32. The van der Waals surface area contributed by atoms with Crippen LogP contribution in [-0.2, 0) is 21.5 Å². The molecular formula is C21H14Cl2N4O5S. The first-order chi connectivity index (χ1) is 15.7. The van der Waals surface area contributed by atoms with Crippen molar-refractivity contribution in [3.63, 3.8) is 0 Å². The maximum atomic E-state index is 12.7. The van der Waals surface area contributed by atoms with Gasteiger partial charge in [0.25, 0.3) is 15.6 Å². The lowest BCUT2D eigenvalue weighted by Crippen LogP contribution is -2.26. The van der Waals surface area contributed by atoms with Crippen molar-refractivity contribution in [2.24, 2.45) is 0 Å². The van der Waals surface area contributed by atoms with Crippen LogP contribution in [0.4, 0.5) is 5.69 Å². The van der Waals surface area contributed by atoms with Crippen molar-refractivity contribution < 1.29 is 17.9 Å². The molecule has 0 fully saturated rings. The van der Waals surface area contributed by atoms with Crippen molar-refractivity contribution in [2.75, 3.05) is 4.72 Å². The topological polar surface area (TPSA) is 120 Å². The number of ether oxygens (including phenoxy) is 1. The average molecular weight is 505 g/mol. The molecule has 0 aliphatic carbocycles. The Bertz CT molecular complexity index is 1520. The second-order valence-corrected chi connectivity index (χ2v) is 9.25. The van der Waals surface area contributed by atoms with E-state index >= 15 is 0 Å². The van der Waals surface area contributed by atoms with E-state index < -0.39 is 28.3 Å². The van der Waals surface area contributed by atoms with Crippen molar-refractivity contribution in [1.82, 2.24) is 15.0 Å². The lowest BCUT2D eigenvalue weighted by molar-refractivity contribution is 0.0336. The summed E-state index contributed by atoms with van der Waals surface area (Å²) in [6.07, 6.45) is 0. The van der Waals surface area contributed by atoms with Gasteiger partial charge in [-0.1, -0.05) is 40.5 Å². The second-order valence-electron chi connectivity index (χ2n) is 6.73.